The van der Waals surface area contributed by atoms with E-state index in [1.54, 1.807) is 4.90 Å². The Balaban J connectivity index is 1.51. The second-order valence-corrected chi connectivity index (χ2v) is 8.08. The van der Waals surface area contributed by atoms with E-state index in [9.17, 15) is 4.79 Å². The molecule has 0 saturated carbocycles. The molecule has 146 valence electrons. The normalized spacial score (nSPS) is 10.8. The molecule has 0 bridgehead atoms. The van der Waals surface area contributed by atoms with Crippen molar-refractivity contribution in [1.29, 1.82) is 0 Å². The van der Waals surface area contributed by atoms with Crippen LogP contribution in [0.3, 0.4) is 0 Å². The fourth-order valence-electron chi connectivity index (χ4n) is 2.76. The van der Waals surface area contributed by atoms with Gasteiger partial charge in [-0.1, -0.05) is 48.2 Å². The lowest BCUT2D eigenvalue weighted by Gasteiger charge is -2.19. The van der Waals surface area contributed by atoms with Gasteiger partial charge in [0, 0.05) is 10.9 Å². The Morgan fingerprint density at radius 1 is 1.07 bits per heavy atom. The Labute approximate surface area is 176 Å². The Kier molecular flexibility index (Phi) is 5.73. The summed E-state index contributed by atoms with van der Waals surface area (Å²) < 4.78 is 5.75. The summed E-state index contributed by atoms with van der Waals surface area (Å²) in [5.74, 6) is 0.503. The molecule has 0 aliphatic heterocycles. The van der Waals surface area contributed by atoms with Crippen molar-refractivity contribution in [2.75, 3.05) is 10.7 Å². The SMILES string of the molecule is Cc1csc(N(C(=O)CSc2nnc(-c3ccccc3C)o2)c2ccccc2)n1. The van der Waals surface area contributed by atoms with Crippen LogP contribution in [0.15, 0.2) is 69.6 Å². The Hall–Kier alpha value is -2.97. The number of hydrogen-bond acceptors (Lipinski definition) is 7. The molecule has 8 heteroatoms. The molecule has 6 nitrogen and oxygen atoms in total. The highest BCUT2D eigenvalue weighted by molar-refractivity contribution is 7.99. The molecule has 2 heterocycles. The van der Waals surface area contributed by atoms with E-state index < -0.39 is 0 Å². The van der Waals surface area contributed by atoms with Crippen LogP contribution in [0.2, 0.25) is 0 Å². The Morgan fingerprint density at radius 2 is 1.83 bits per heavy atom. The van der Waals surface area contributed by atoms with Crippen molar-refractivity contribution in [3.63, 3.8) is 0 Å². The highest BCUT2D eigenvalue weighted by Gasteiger charge is 2.22. The number of hydrogen-bond donors (Lipinski definition) is 0. The van der Waals surface area contributed by atoms with E-state index in [1.165, 1.54) is 23.1 Å². The molecule has 0 N–H and O–H groups in total. The van der Waals surface area contributed by atoms with E-state index in [4.69, 9.17) is 4.42 Å². The van der Waals surface area contributed by atoms with E-state index >= 15 is 0 Å². The average molecular weight is 423 g/mol. The number of benzene rings is 2. The Morgan fingerprint density at radius 3 is 2.55 bits per heavy atom. The monoisotopic (exact) mass is 422 g/mol. The van der Waals surface area contributed by atoms with Crippen LogP contribution in [0, 0.1) is 13.8 Å². The molecule has 0 fully saturated rings. The summed E-state index contributed by atoms with van der Waals surface area (Å²) in [5.41, 5.74) is 3.60. The number of anilines is 2. The lowest BCUT2D eigenvalue weighted by molar-refractivity contribution is -0.115. The lowest BCUT2D eigenvalue weighted by Crippen LogP contribution is -2.27. The molecule has 1 amide bonds. The summed E-state index contributed by atoms with van der Waals surface area (Å²) in [6.07, 6.45) is 0. The van der Waals surface area contributed by atoms with E-state index in [2.05, 4.69) is 15.2 Å². The number of carbonyl (C=O) groups excluding carboxylic acids is 1. The predicted octanol–water partition coefficient (Wildman–Crippen LogP) is 5.27. The van der Waals surface area contributed by atoms with E-state index in [1.807, 2.05) is 73.8 Å². The Bertz CT molecular complexity index is 1120. The van der Waals surface area contributed by atoms with Crippen LogP contribution in [0.5, 0.6) is 0 Å². The molecule has 0 aliphatic carbocycles. The van der Waals surface area contributed by atoms with E-state index in [0.29, 0.717) is 16.2 Å². The predicted molar refractivity (Wildman–Crippen MR) is 116 cm³/mol. The van der Waals surface area contributed by atoms with Crippen LogP contribution in [0.4, 0.5) is 10.8 Å². The third-order valence-electron chi connectivity index (χ3n) is 4.16. The number of amides is 1. The largest absolute Gasteiger partial charge is 0.411 e. The second kappa shape index (κ2) is 8.59. The molecule has 0 unspecified atom stereocenters. The van der Waals surface area contributed by atoms with E-state index in [-0.39, 0.29) is 11.7 Å². The molecule has 0 atom stereocenters. The first-order valence-electron chi connectivity index (χ1n) is 8.94. The number of aromatic nitrogens is 3. The summed E-state index contributed by atoms with van der Waals surface area (Å²) in [5, 5.41) is 11.1. The molecular weight excluding hydrogens is 404 g/mol. The molecule has 29 heavy (non-hydrogen) atoms. The molecule has 0 spiro atoms. The van der Waals surface area contributed by atoms with Crippen molar-refractivity contribution < 1.29 is 9.21 Å². The highest BCUT2D eigenvalue weighted by Crippen LogP contribution is 2.31. The number of rotatable bonds is 6. The van der Waals surface area contributed by atoms with Crippen molar-refractivity contribution >= 4 is 39.8 Å². The molecular formula is C21H18N4O2S2. The van der Waals surface area contributed by atoms with Crippen LogP contribution in [-0.4, -0.2) is 26.8 Å². The number of nitrogens with zero attached hydrogens (tertiary/aromatic N) is 4. The smallest absolute Gasteiger partial charge is 0.277 e. The third-order valence-corrected chi connectivity index (χ3v) is 5.91. The van der Waals surface area contributed by atoms with Crippen LogP contribution >= 0.6 is 23.1 Å². The van der Waals surface area contributed by atoms with Gasteiger partial charge in [-0.05, 0) is 37.6 Å². The van der Waals surface area contributed by atoms with Crippen LogP contribution in [-0.2, 0) is 4.79 Å². The van der Waals surface area contributed by atoms with Gasteiger partial charge in [-0.2, -0.15) is 0 Å². The zero-order valence-corrected chi connectivity index (χ0v) is 17.5. The van der Waals surface area contributed by atoms with Gasteiger partial charge in [-0.15, -0.1) is 21.5 Å². The van der Waals surface area contributed by atoms with Gasteiger partial charge in [0.2, 0.25) is 11.8 Å². The number of thiazole rings is 1. The minimum Gasteiger partial charge on any atom is -0.411 e. The average Bonchev–Trinajstić information content (AvgIpc) is 3.37. The number of carbonyl (C=O) groups is 1. The highest BCUT2D eigenvalue weighted by atomic mass is 32.2. The lowest BCUT2D eigenvalue weighted by atomic mass is 10.1. The molecule has 4 aromatic rings. The standard InChI is InChI=1S/C21H18N4O2S2/c1-14-8-6-7-11-17(14)19-23-24-21(27-19)29-13-18(26)25(16-9-4-3-5-10-16)20-22-15(2)12-28-20/h3-12H,13H2,1-2H3. The maximum absolute atomic E-state index is 13.0. The third kappa shape index (κ3) is 4.38. The number of thioether (sulfide) groups is 1. The van der Waals surface area contributed by atoms with Crippen molar-refractivity contribution in [3.05, 3.63) is 71.2 Å². The molecule has 2 aromatic carbocycles. The molecule has 0 aliphatic rings. The molecule has 4 rings (SSSR count). The van der Waals surface area contributed by atoms with Gasteiger partial charge in [-0.25, -0.2) is 4.98 Å². The number of para-hydroxylation sites is 1. The summed E-state index contributed by atoms with van der Waals surface area (Å²) in [6, 6.07) is 17.3. The van der Waals surface area contributed by atoms with Crippen LogP contribution in [0.25, 0.3) is 11.5 Å². The number of aryl methyl sites for hydroxylation is 2. The van der Waals surface area contributed by atoms with Crippen LogP contribution in [0.1, 0.15) is 11.3 Å². The molecule has 0 saturated heterocycles. The van der Waals surface area contributed by atoms with Gasteiger partial charge in [0.05, 0.1) is 17.1 Å². The van der Waals surface area contributed by atoms with Crippen molar-refractivity contribution in [1.82, 2.24) is 15.2 Å². The van der Waals surface area contributed by atoms with Gasteiger partial charge in [-0.3, -0.25) is 9.69 Å². The fraction of sp³-hybridized carbons (Fsp3) is 0.143. The summed E-state index contributed by atoms with van der Waals surface area (Å²) in [6.45, 7) is 3.90. The van der Waals surface area contributed by atoms with Gasteiger partial charge in [0.1, 0.15) is 0 Å². The second-order valence-electron chi connectivity index (χ2n) is 6.31. The van der Waals surface area contributed by atoms with E-state index in [0.717, 1.165) is 22.5 Å². The molecule has 0 radical (unpaired) electrons. The van der Waals surface area contributed by atoms with Gasteiger partial charge >= 0.3 is 0 Å². The summed E-state index contributed by atoms with van der Waals surface area (Å²) in [7, 11) is 0. The zero-order valence-electron chi connectivity index (χ0n) is 15.9. The quantitative estimate of drug-likeness (QED) is 0.394. The van der Waals surface area contributed by atoms with Gasteiger partial charge in [0.15, 0.2) is 5.13 Å². The first-order chi connectivity index (χ1) is 14.1. The van der Waals surface area contributed by atoms with Crippen LogP contribution < -0.4 is 4.90 Å². The maximum Gasteiger partial charge on any atom is 0.277 e. The summed E-state index contributed by atoms with van der Waals surface area (Å²) >= 11 is 2.66. The first kappa shape index (κ1) is 19.4. The zero-order chi connectivity index (χ0) is 20.2. The van der Waals surface area contributed by atoms with Crippen molar-refractivity contribution in [2.45, 2.75) is 19.1 Å². The fourth-order valence-corrected chi connectivity index (χ4v) is 4.21. The van der Waals surface area contributed by atoms with Crippen molar-refractivity contribution in [3.8, 4) is 11.5 Å². The minimum atomic E-state index is -0.105. The molecule has 2 aromatic heterocycles. The summed E-state index contributed by atoms with van der Waals surface area (Å²) in [4.78, 5) is 19.1. The van der Waals surface area contributed by atoms with Crippen molar-refractivity contribution in [2.24, 2.45) is 0 Å². The topological polar surface area (TPSA) is 72.1 Å². The van der Waals surface area contributed by atoms with Gasteiger partial charge < -0.3 is 4.42 Å². The maximum atomic E-state index is 13.0. The first-order valence-corrected chi connectivity index (χ1v) is 10.8. The minimum absolute atomic E-state index is 0.105. The van der Waals surface area contributed by atoms with Gasteiger partial charge in [0.25, 0.3) is 5.22 Å².